The topological polar surface area (TPSA) is 118 Å². The zero-order valence-electron chi connectivity index (χ0n) is 22.2. The third-order valence-electron chi connectivity index (χ3n) is 6.63. The molecule has 0 radical (unpaired) electrons. The van der Waals surface area contributed by atoms with Crippen LogP contribution < -0.4 is 5.32 Å². The Hall–Kier alpha value is -3.29. The molecule has 218 valence electrons. The van der Waals surface area contributed by atoms with Gasteiger partial charge in [0.05, 0.1) is 21.8 Å². The highest BCUT2D eigenvalue weighted by Crippen LogP contribution is 2.35. The van der Waals surface area contributed by atoms with Gasteiger partial charge in [0.15, 0.2) is 11.6 Å². The van der Waals surface area contributed by atoms with Gasteiger partial charge in [-0.2, -0.15) is 13.2 Å². The van der Waals surface area contributed by atoms with Crippen molar-refractivity contribution in [3.05, 3.63) is 62.7 Å². The zero-order chi connectivity index (χ0) is 29.6. The van der Waals surface area contributed by atoms with Crippen LogP contribution in [0.5, 0.6) is 0 Å². The number of nitrogens with one attached hydrogen (secondary N) is 1. The zero-order valence-corrected chi connectivity index (χ0v) is 23.8. The van der Waals surface area contributed by atoms with Gasteiger partial charge in [0.25, 0.3) is 5.91 Å². The molecular formula is C27H28ClF3N6O3S. The summed E-state index contributed by atoms with van der Waals surface area (Å²) in [6.07, 6.45) is 3.30. The lowest BCUT2D eigenvalue weighted by molar-refractivity contribution is -0.137. The number of pyridine rings is 1. The van der Waals surface area contributed by atoms with Gasteiger partial charge < -0.3 is 10.2 Å². The van der Waals surface area contributed by atoms with E-state index in [1.807, 2.05) is 0 Å². The van der Waals surface area contributed by atoms with E-state index in [1.54, 1.807) is 6.92 Å². The van der Waals surface area contributed by atoms with Crippen LogP contribution in [0, 0.1) is 0 Å². The third kappa shape index (κ3) is 8.37. The molecule has 1 N–H and O–H groups in total. The summed E-state index contributed by atoms with van der Waals surface area (Å²) in [5.74, 6) is -1.86. The smallest absolute Gasteiger partial charge is 0.306 e. The van der Waals surface area contributed by atoms with Gasteiger partial charge in [-0.05, 0) is 51.0 Å². The number of alkyl halides is 3. The van der Waals surface area contributed by atoms with Crippen LogP contribution in [-0.4, -0.2) is 61.9 Å². The van der Waals surface area contributed by atoms with Crippen molar-refractivity contribution in [1.82, 2.24) is 24.8 Å². The largest absolute Gasteiger partial charge is 0.418 e. The molecule has 0 aromatic carbocycles. The van der Waals surface area contributed by atoms with Crippen LogP contribution in [0.4, 0.5) is 19.0 Å². The predicted octanol–water partition coefficient (Wildman–Crippen LogP) is 6.08. The van der Waals surface area contributed by atoms with Crippen molar-refractivity contribution in [2.45, 2.75) is 57.5 Å². The first kappa shape index (κ1) is 30.7. The summed E-state index contributed by atoms with van der Waals surface area (Å²) >= 11 is 6.58. The summed E-state index contributed by atoms with van der Waals surface area (Å²) < 4.78 is 39.3. The van der Waals surface area contributed by atoms with Crippen LogP contribution in [0.15, 0.2) is 30.9 Å². The van der Waals surface area contributed by atoms with E-state index in [0.29, 0.717) is 17.5 Å². The van der Waals surface area contributed by atoms with Crippen LogP contribution in [0.3, 0.4) is 0 Å². The highest BCUT2D eigenvalue weighted by Gasteiger charge is 2.34. The lowest BCUT2D eigenvalue weighted by atomic mass is 10.0. The van der Waals surface area contributed by atoms with Gasteiger partial charge in [-0.15, -0.1) is 11.3 Å². The van der Waals surface area contributed by atoms with Crippen molar-refractivity contribution in [3.63, 3.8) is 0 Å². The molecule has 1 atom stereocenters. The van der Waals surface area contributed by atoms with Crippen LogP contribution >= 0.6 is 22.9 Å². The summed E-state index contributed by atoms with van der Waals surface area (Å²) in [4.78, 5) is 56.7. The summed E-state index contributed by atoms with van der Waals surface area (Å²) in [7, 11) is 0. The van der Waals surface area contributed by atoms with E-state index in [9.17, 15) is 27.6 Å². The first-order valence-electron chi connectivity index (χ1n) is 13.1. The van der Waals surface area contributed by atoms with Gasteiger partial charge in [-0.25, -0.2) is 19.9 Å². The van der Waals surface area contributed by atoms with E-state index in [0.717, 1.165) is 43.6 Å². The number of thiazole rings is 1. The lowest BCUT2D eigenvalue weighted by Crippen LogP contribution is -2.30. The molecule has 0 saturated carbocycles. The number of Topliss-reactive ketones (excluding diaryl/α,β-unsaturated/α-hetero) is 2. The maximum absolute atomic E-state index is 13.1. The molecule has 41 heavy (non-hydrogen) atoms. The minimum Gasteiger partial charge on any atom is -0.306 e. The van der Waals surface area contributed by atoms with Crippen molar-refractivity contribution < 1.29 is 27.6 Å². The highest BCUT2D eigenvalue weighted by atomic mass is 35.5. The molecule has 0 spiro atoms. The fraction of sp³-hybridized carbons (Fsp3) is 0.444. The lowest BCUT2D eigenvalue weighted by Gasteiger charge is -2.26. The monoisotopic (exact) mass is 608 g/mol. The number of hydrogen-bond acceptors (Lipinski definition) is 9. The molecule has 1 aliphatic rings. The minimum atomic E-state index is -4.70. The van der Waals surface area contributed by atoms with Gasteiger partial charge in [-0.1, -0.05) is 24.9 Å². The number of ketones is 2. The third-order valence-corrected chi connectivity index (χ3v) is 8.16. The molecule has 0 aliphatic carbocycles. The highest BCUT2D eigenvalue weighted by molar-refractivity contribution is 7.13. The van der Waals surface area contributed by atoms with Crippen molar-refractivity contribution in [3.8, 4) is 0 Å². The summed E-state index contributed by atoms with van der Waals surface area (Å²) in [6.45, 7) is 4.74. The Kier molecular flexibility index (Phi) is 10.2. The molecule has 4 rings (SSSR count). The maximum Gasteiger partial charge on any atom is 0.418 e. The van der Waals surface area contributed by atoms with Crippen LogP contribution in [0.2, 0.25) is 5.02 Å². The van der Waals surface area contributed by atoms with Crippen molar-refractivity contribution >= 4 is 46.2 Å². The number of aromatic nitrogens is 4. The number of carbonyl (C=O) groups is 3. The Balaban J connectivity index is 1.32. The first-order chi connectivity index (χ1) is 19.5. The average Bonchev–Trinajstić information content (AvgIpc) is 3.45. The molecule has 0 bridgehead atoms. The van der Waals surface area contributed by atoms with Crippen LogP contribution in [0.25, 0.3) is 0 Å². The normalized spacial score (nSPS) is 15.0. The number of likely N-dealkylation sites (tertiary alicyclic amines) is 1. The number of amides is 1. The second kappa shape index (κ2) is 13.6. The SMILES string of the molecule is CC(CC(=O)c1cc(C(=O)CCCN2CCCCC2)ncn1)c1ncc(C(=O)Nc2cc(C(F)(F)F)c(Cl)cn2)s1. The molecule has 1 saturated heterocycles. The number of anilines is 1. The number of piperidine rings is 1. The second-order valence-electron chi connectivity index (χ2n) is 9.81. The average molecular weight is 609 g/mol. The molecule has 3 aromatic heterocycles. The van der Waals surface area contributed by atoms with E-state index < -0.39 is 28.6 Å². The molecule has 3 aromatic rings. The molecule has 1 fully saturated rings. The number of carbonyl (C=O) groups excluding carboxylic acids is 3. The summed E-state index contributed by atoms with van der Waals surface area (Å²) in [5.41, 5.74) is -0.795. The van der Waals surface area contributed by atoms with Crippen LogP contribution in [0.1, 0.15) is 92.6 Å². The Morgan fingerprint density at radius 3 is 2.44 bits per heavy atom. The predicted molar refractivity (Wildman–Crippen MR) is 148 cm³/mol. The molecule has 1 amide bonds. The van der Waals surface area contributed by atoms with E-state index >= 15 is 0 Å². The molecular weight excluding hydrogens is 581 g/mol. The van der Waals surface area contributed by atoms with E-state index in [2.05, 4.69) is 30.2 Å². The van der Waals surface area contributed by atoms with Crippen molar-refractivity contribution in [1.29, 1.82) is 0 Å². The maximum atomic E-state index is 13.1. The first-order valence-corrected chi connectivity index (χ1v) is 14.3. The number of hydrogen-bond donors (Lipinski definition) is 1. The number of halogens is 4. The summed E-state index contributed by atoms with van der Waals surface area (Å²) in [6, 6.07) is 2.06. The molecule has 1 unspecified atom stereocenters. The van der Waals surface area contributed by atoms with Crippen molar-refractivity contribution in [2.24, 2.45) is 0 Å². The fourth-order valence-electron chi connectivity index (χ4n) is 4.43. The van der Waals surface area contributed by atoms with E-state index in [4.69, 9.17) is 11.6 Å². The molecule has 1 aliphatic heterocycles. The Bertz CT molecular complexity index is 1410. The van der Waals surface area contributed by atoms with E-state index in [1.165, 1.54) is 37.9 Å². The van der Waals surface area contributed by atoms with Gasteiger partial charge in [0.1, 0.15) is 28.4 Å². The summed E-state index contributed by atoms with van der Waals surface area (Å²) in [5, 5.41) is 2.21. The molecule has 4 heterocycles. The second-order valence-corrected chi connectivity index (χ2v) is 11.3. The quantitative estimate of drug-likeness (QED) is 0.260. The van der Waals surface area contributed by atoms with Gasteiger partial charge in [0.2, 0.25) is 0 Å². The standard InChI is InChI=1S/C27H28ClF3N6O3S/c1-16(26-33-14-23(41-26)25(40)36-24-11-17(27(29,30)31)18(28)13-32-24)10-22(39)20-12-19(34-15-35-20)21(38)6-5-9-37-7-3-2-4-8-37/h11-16H,2-10H2,1H3,(H,32,36,40). The van der Waals surface area contributed by atoms with Crippen LogP contribution in [-0.2, 0) is 6.18 Å². The Morgan fingerprint density at radius 2 is 1.73 bits per heavy atom. The Morgan fingerprint density at radius 1 is 1.02 bits per heavy atom. The van der Waals surface area contributed by atoms with E-state index in [-0.39, 0.29) is 40.1 Å². The van der Waals surface area contributed by atoms with Gasteiger partial charge in [-0.3, -0.25) is 14.4 Å². The van der Waals surface area contributed by atoms with Gasteiger partial charge >= 0.3 is 6.18 Å². The Labute approximate surface area is 243 Å². The molecule has 9 nitrogen and oxygen atoms in total. The van der Waals surface area contributed by atoms with Crippen molar-refractivity contribution in [2.75, 3.05) is 25.0 Å². The minimum absolute atomic E-state index is 0.0157. The molecule has 14 heteroatoms. The number of nitrogens with zero attached hydrogens (tertiary/aromatic N) is 5. The van der Waals surface area contributed by atoms with Gasteiger partial charge in [0, 0.05) is 25.0 Å². The fourth-order valence-corrected chi connectivity index (χ4v) is 5.50. The number of rotatable bonds is 11.